The molecule has 2 aromatic carbocycles. The van der Waals surface area contributed by atoms with Crippen LogP contribution in [0.5, 0.6) is 11.5 Å². The second-order valence-corrected chi connectivity index (χ2v) is 11.5. The highest BCUT2D eigenvalue weighted by Gasteiger charge is 2.72. The molecule has 1 amide bonds. The molecular formula is C31H34N2O9. The van der Waals surface area contributed by atoms with Gasteiger partial charge in [0.2, 0.25) is 0 Å². The molecule has 3 N–H and O–H groups in total. The van der Waals surface area contributed by atoms with Crippen LogP contribution in [0.4, 0.5) is 4.79 Å². The van der Waals surface area contributed by atoms with Crippen LogP contribution in [0.25, 0.3) is 0 Å². The molecule has 42 heavy (non-hydrogen) atoms. The van der Waals surface area contributed by atoms with Crippen LogP contribution in [0, 0.1) is 0 Å². The molecular weight excluding hydrogens is 544 g/mol. The monoisotopic (exact) mass is 578 g/mol. The van der Waals surface area contributed by atoms with E-state index in [0.717, 1.165) is 23.2 Å². The molecule has 0 aromatic heterocycles. The highest BCUT2D eigenvalue weighted by Crippen LogP contribution is 2.65. The Bertz CT molecular complexity index is 1440. The van der Waals surface area contributed by atoms with Crippen molar-refractivity contribution in [3.63, 3.8) is 0 Å². The first-order chi connectivity index (χ1) is 20.2. The number of ether oxygens (including phenoxy) is 4. The van der Waals surface area contributed by atoms with Crippen molar-refractivity contribution in [3.8, 4) is 11.5 Å². The average Bonchev–Trinajstić information content (AvgIpc) is 3.31. The Morgan fingerprint density at radius 1 is 1.17 bits per heavy atom. The number of nitrogens with one attached hydrogen (secondary N) is 1. The number of alkyl carbamates (subject to hydrolysis) is 1. The van der Waals surface area contributed by atoms with Gasteiger partial charge in [0, 0.05) is 18.0 Å². The zero-order valence-corrected chi connectivity index (χ0v) is 23.5. The summed E-state index contributed by atoms with van der Waals surface area (Å²) in [5, 5.41) is 24.2. The summed E-state index contributed by atoms with van der Waals surface area (Å²) < 4.78 is 23.2. The number of benzene rings is 2. The van der Waals surface area contributed by atoms with Crippen molar-refractivity contribution >= 4 is 18.0 Å². The average molecular weight is 579 g/mol. The molecule has 2 heterocycles. The van der Waals surface area contributed by atoms with E-state index in [1.807, 2.05) is 37.4 Å². The highest BCUT2D eigenvalue weighted by molar-refractivity contribution is 5.77. The number of nitrogens with zero attached hydrogens (tertiary/aromatic N) is 1. The number of esters is 1. The van der Waals surface area contributed by atoms with Crippen LogP contribution in [0.3, 0.4) is 0 Å². The number of hydrogen-bond donors (Lipinski definition) is 3. The van der Waals surface area contributed by atoms with Crippen LogP contribution in [0.2, 0.25) is 0 Å². The summed E-state index contributed by atoms with van der Waals surface area (Å²) in [4.78, 5) is 39.3. The molecule has 6 rings (SSSR count). The number of methoxy groups -OCH3 is 1. The quantitative estimate of drug-likeness (QED) is 0.380. The number of rotatable bonds is 9. The molecule has 2 aliphatic heterocycles. The number of amides is 1. The van der Waals surface area contributed by atoms with Crippen LogP contribution in [0.1, 0.15) is 42.4 Å². The van der Waals surface area contributed by atoms with Gasteiger partial charge in [0.1, 0.15) is 12.4 Å². The molecule has 1 fully saturated rings. The van der Waals surface area contributed by atoms with Gasteiger partial charge in [-0.05, 0) is 49.7 Å². The number of piperidine rings is 1. The van der Waals surface area contributed by atoms with E-state index in [0.29, 0.717) is 24.3 Å². The molecule has 11 heteroatoms. The molecule has 5 atom stereocenters. The van der Waals surface area contributed by atoms with Gasteiger partial charge in [-0.15, -0.1) is 0 Å². The lowest BCUT2D eigenvalue weighted by atomic mass is 9.50. The zero-order chi connectivity index (χ0) is 29.6. The van der Waals surface area contributed by atoms with E-state index in [1.54, 1.807) is 25.3 Å². The van der Waals surface area contributed by atoms with E-state index in [9.17, 15) is 24.6 Å². The van der Waals surface area contributed by atoms with Crippen LogP contribution < -0.4 is 14.8 Å². The first kappa shape index (κ1) is 28.0. The summed E-state index contributed by atoms with van der Waals surface area (Å²) in [6.45, 7) is 0.718. The van der Waals surface area contributed by atoms with E-state index in [-0.39, 0.29) is 24.8 Å². The fraction of sp³-hybridized carbons (Fsp3) is 0.452. The lowest BCUT2D eigenvalue weighted by Gasteiger charge is -2.61. The Hall–Kier alpha value is -4.09. The lowest BCUT2D eigenvalue weighted by Crippen LogP contribution is -2.74. The maximum atomic E-state index is 13.2. The van der Waals surface area contributed by atoms with Crippen molar-refractivity contribution in [1.29, 1.82) is 0 Å². The number of hydrogen-bond acceptors (Lipinski definition) is 9. The van der Waals surface area contributed by atoms with Gasteiger partial charge in [0.15, 0.2) is 17.6 Å². The van der Waals surface area contributed by atoms with Crippen molar-refractivity contribution in [2.75, 3.05) is 20.7 Å². The van der Waals surface area contributed by atoms with Gasteiger partial charge in [-0.25, -0.2) is 4.79 Å². The number of likely N-dealkylation sites (N-methyl/N-ethyl adjacent to an activating group) is 1. The summed E-state index contributed by atoms with van der Waals surface area (Å²) in [5.41, 5.74) is 0.753. The van der Waals surface area contributed by atoms with Crippen molar-refractivity contribution < 1.29 is 43.5 Å². The maximum absolute atomic E-state index is 13.2. The van der Waals surface area contributed by atoms with Crippen LogP contribution in [0.15, 0.2) is 54.3 Å². The third-order valence-corrected chi connectivity index (χ3v) is 9.16. The van der Waals surface area contributed by atoms with Crippen molar-refractivity contribution in [2.24, 2.45) is 0 Å². The Morgan fingerprint density at radius 2 is 1.95 bits per heavy atom. The molecule has 222 valence electrons. The van der Waals surface area contributed by atoms with E-state index in [1.165, 1.54) is 0 Å². The molecule has 2 bridgehead atoms. The molecule has 1 saturated heterocycles. The predicted molar refractivity (Wildman–Crippen MR) is 148 cm³/mol. The molecule has 2 aromatic rings. The van der Waals surface area contributed by atoms with Crippen molar-refractivity contribution in [1.82, 2.24) is 10.2 Å². The standard InChI is InChI=1S/C31H34N2O9/c1-33-13-12-30-26-19-8-9-21(39-2)27(26)42-28(30)22(10-11-31(30,38)23(33)14-19)41-25(36)16-20(15-24(34)35)32-29(37)40-17-18-6-4-3-5-7-18/h3-10,20,23,28,38H,11-17H2,1-2H3,(H,32,37)(H,34,35)/t20?,23-,28-,30-,31+/m0/s1. The number of carbonyl (C=O) groups excluding carboxylic acids is 2. The molecule has 0 radical (unpaired) electrons. The van der Waals surface area contributed by atoms with Crippen LogP contribution in [-0.4, -0.2) is 77.6 Å². The van der Waals surface area contributed by atoms with E-state index in [2.05, 4.69) is 10.2 Å². The first-order valence-corrected chi connectivity index (χ1v) is 14.1. The Morgan fingerprint density at radius 3 is 2.69 bits per heavy atom. The van der Waals surface area contributed by atoms with Crippen LogP contribution >= 0.6 is 0 Å². The maximum Gasteiger partial charge on any atom is 0.407 e. The number of aliphatic hydroxyl groups is 1. The molecule has 2 aliphatic carbocycles. The van der Waals surface area contributed by atoms with Gasteiger partial charge in [-0.2, -0.15) is 0 Å². The zero-order valence-electron chi connectivity index (χ0n) is 23.5. The first-order valence-electron chi connectivity index (χ1n) is 14.1. The predicted octanol–water partition coefficient (Wildman–Crippen LogP) is 2.68. The highest BCUT2D eigenvalue weighted by atomic mass is 16.6. The minimum Gasteiger partial charge on any atom is -0.493 e. The largest absolute Gasteiger partial charge is 0.493 e. The third-order valence-electron chi connectivity index (χ3n) is 9.16. The number of carbonyl (C=O) groups is 3. The van der Waals surface area contributed by atoms with Crippen LogP contribution in [-0.2, 0) is 37.5 Å². The SMILES string of the molecule is COc1ccc2c3c1O[C@H]1C(OC(=O)CC(CC(=O)O)NC(=O)OCc4ccccc4)=CC[C@@]4(O)[C@H](C2)N(C)CC[C@]314. The lowest BCUT2D eigenvalue weighted by molar-refractivity contribution is -0.169. The summed E-state index contributed by atoms with van der Waals surface area (Å²) in [5.74, 6) is -0.560. The molecule has 1 spiro atoms. The number of aliphatic carboxylic acids is 1. The summed E-state index contributed by atoms with van der Waals surface area (Å²) in [6, 6.07) is 11.7. The van der Waals surface area contributed by atoms with Gasteiger partial charge in [-0.3, -0.25) is 9.59 Å². The summed E-state index contributed by atoms with van der Waals surface area (Å²) in [7, 11) is 3.57. The summed E-state index contributed by atoms with van der Waals surface area (Å²) in [6.07, 6.45) is 0.672. The van der Waals surface area contributed by atoms with Gasteiger partial charge >= 0.3 is 18.0 Å². The molecule has 11 nitrogen and oxygen atoms in total. The van der Waals surface area contributed by atoms with Gasteiger partial charge in [0.25, 0.3) is 0 Å². The summed E-state index contributed by atoms with van der Waals surface area (Å²) >= 11 is 0. The minimum atomic E-state index is -1.19. The third kappa shape index (κ3) is 4.47. The van der Waals surface area contributed by atoms with E-state index < -0.39 is 54.0 Å². The Labute approximate surface area is 243 Å². The van der Waals surface area contributed by atoms with E-state index >= 15 is 0 Å². The molecule has 0 saturated carbocycles. The molecule has 1 unspecified atom stereocenters. The Kier molecular flexibility index (Phi) is 7.10. The van der Waals surface area contributed by atoms with Crippen molar-refractivity contribution in [3.05, 3.63) is 71.0 Å². The fourth-order valence-electron chi connectivity index (χ4n) is 7.28. The van der Waals surface area contributed by atoms with Gasteiger partial charge in [-0.1, -0.05) is 36.4 Å². The number of likely N-dealkylation sites (tertiary alicyclic amines) is 1. The minimum absolute atomic E-state index is 0.00397. The number of carboxylic acid groups (broad SMARTS) is 1. The Balaban J connectivity index is 1.21. The molecule has 4 aliphatic rings. The van der Waals surface area contributed by atoms with Crippen molar-refractivity contribution in [2.45, 2.75) is 67.9 Å². The fourth-order valence-corrected chi connectivity index (χ4v) is 7.28. The van der Waals surface area contributed by atoms with Gasteiger partial charge < -0.3 is 39.4 Å². The second-order valence-electron chi connectivity index (χ2n) is 11.5. The van der Waals surface area contributed by atoms with E-state index in [4.69, 9.17) is 18.9 Å². The normalized spacial score (nSPS) is 27.5. The van der Waals surface area contributed by atoms with Gasteiger partial charge in [0.05, 0.1) is 37.0 Å². The second kappa shape index (κ2) is 10.6. The number of carboxylic acids is 1. The topological polar surface area (TPSA) is 144 Å². The smallest absolute Gasteiger partial charge is 0.407 e.